The van der Waals surface area contributed by atoms with Gasteiger partial charge in [0, 0.05) is 31.0 Å². The van der Waals surface area contributed by atoms with Gasteiger partial charge in [0.2, 0.25) is 0 Å². The fraction of sp³-hybridized carbons (Fsp3) is 0.381. The second-order valence-electron chi connectivity index (χ2n) is 7.23. The minimum atomic E-state index is -3.07. The molecule has 1 N–H and O–H groups in total. The van der Waals surface area contributed by atoms with Gasteiger partial charge in [0.25, 0.3) is 5.91 Å². The predicted molar refractivity (Wildman–Crippen MR) is 107 cm³/mol. The highest BCUT2D eigenvalue weighted by Gasteiger charge is 2.24. The van der Waals surface area contributed by atoms with Crippen molar-refractivity contribution in [2.24, 2.45) is 0 Å². The van der Waals surface area contributed by atoms with Gasteiger partial charge in [-0.05, 0) is 42.6 Å². The minimum Gasteiger partial charge on any atom is -0.350 e. The van der Waals surface area contributed by atoms with Crippen LogP contribution in [0.2, 0.25) is 0 Å². The molecule has 1 saturated heterocycles. The smallest absolute Gasteiger partial charge is 0.251 e. The molecular formula is C21H26N2O3S. The highest BCUT2D eigenvalue weighted by Crippen LogP contribution is 2.19. The van der Waals surface area contributed by atoms with Gasteiger partial charge < -0.3 is 5.32 Å². The molecule has 0 bridgehead atoms. The molecule has 0 spiro atoms. The normalized spacial score (nSPS) is 17.7. The summed E-state index contributed by atoms with van der Waals surface area (Å²) in [6.45, 7) is 2.58. The maximum atomic E-state index is 12.4. The van der Waals surface area contributed by atoms with Gasteiger partial charge in [-0.25, -0.2) is 8.42 Å². The molecule has 0 radical (unpaired) electrons. The van der Waals surface area contributed by atoms with Crippen molar-refractivity contribution in [2.45, 2.75) is 31.2 Å². The van der Waals surface area contributed by atoms with Crippen LogP contribution in [-0.4, -0.2) is 44.6 Å². The highest BCUT2D eigenvalue weighted by atomic mass is 32.2. The van der Waals surface area contributed by atoms with E-state index in [2.05, 4.69) is 34.5 Å². The number of benzene rings is 2. The summed E-state index contributed by atoms with van der Waals surface area (Å²) in [7, 11) is -3.07. The van der Waals surface area contributed by atoms with Gasteiger partial charge >= 0.3 is 0 Å². The van der Waals surface area contributed by atoms with Crippen LogP contribution >= 0.6 is 0 Å². The third-order valence-electron chi connectivity index (χ3n) is 4.87. The standard InChI is InChI=1S/C21H26N2O3S/c1-27(25,26)16-18-9-11-19(12-10-18)21(24)22-14-20-8-5-13-23(20)15-17-6-3-2-4-7-17/h2-4,6-7,9-12,20H,5,8,13-16H2,1H3,(H,22,24). The van der Waals surface area contributed by atoms with Crippen LogP contribution in [0.5, 0.6) is 0 Å². The molecule has 144 valence electrons. The summed E-state index contributed by atoms with van der Waals surface area (Å²) in [5.74, 6) is -0.127. The zero-order valence-corrected chi connectivity index (χ0v) is 16.4. The molecular weight excluding hydrogens is 360 g/mol. The van der Waals surface area contributed by atoms with Crippen molar-refractivity contribution < 1.29 is 13.2 Å². The summed E-state index contributed by atoms with van der Waals surface area (Å²) < 4.78 is 22.7. The highest BCUT2D eigenvalue weighted by molar-refractivity contribution is 7.89. The SMILES string of the molecule is CS(=O)(=O)Cc1ccc(C(=O)NCC2CCCN2Cc2ccccc2)cc1. The Hall–Kier alpha value is -2.18. The fourth-order valence-electron chi connectivity index (χ4n) is 3.52. The van der Waals surface area contributed by atoms with Crippen LogP contribution in [0.1, 0.15) is 34.3 Å². The van der Waals surface area contributed by atoms with Gasteiger partial charge in [-0.1, -0.05) is 42.5 Å². The molecule has 6 heteroatoms. The van der Waals surface area contributed by atoms with E-state index in [1.54, 1.807) is 24.3 Å². The average Bonchev–Trinajstić information content (AvgIpc) is 3.07. The summed E-state index contributed by atoms with van der Waals surface area (Å²) in [6, 6.07) is 17.5. The Bertz CT molecular complexity index is 864. The van der Waals surface area contributed by atoms with Crippen molar-refractivity contribution in [3.63, 3.8) is 0 Å². The molecule has 0 aromatic heterocycles. The van der Waals surface area contributed by atoms with E-state index in [-0.39, 0.29) is 11.7 Å². The van der Waals surface area contributed by atoms with E-state index >= 15 is 0 Å². The summed E-state index contributed by atoms with van der Waals surface area (Å²) in [6.07, 6.45) is 3.43. The number of sulfone groups is 1. The first kappa shape index (κ1) is 19.6. The lowest BCUT2D eigenvalue weighted by Gasteiger charge is -2.24. The number of hydrogen-bond acceptors (Lipinski definition) is 4. The van der Waals surface area contributed by atoms with Crippen molar-refractivity contribution in [1.82, 2.24) is 10.2 Å². The van der Waals surface area contributed by atoms with E-state index in [9.17, 15) is 13.2 Å². The van der Waals surface area contributed by atoms with E-state index < -0.39 is 9.84 Å². The third kappa shape index (κ3) is 5.91. The number of nitrogens with one attached hydrogen (secondary N) is 1. The molecule has 5 nitrogen and oxygen atoms in total. The molecule has 1 heterocycles. The first-order valence-electron chi connectivity index (χ1n) is 9.23. The number of nitrogens with zero attached hydrogens (tertiary/aromatic N) is 1. The Morgan fingerprint density at radius 1 is 1.07 bits per heavy atom. The summed E-state index contributed by atoms with van der Waals surface area (Å²) in [5.41, 5.74) is 2.54. The van der Waals surface area contributed by atoms with E-state index in [0.29, 0.717) is 23.7 Å². The van der Waals surface area contributed by atoms with Gasteiger partial charge in [0.05, 0.1) is 5.75 Å². The van der Waals surface area contributed by atoms with E-state index in [1.165, 1.54) is 11.8 Å². The quantitative estimate of drug-likeness (QED) is 0.794. The van der Waals surface area contributed by atoms with Crippen molar-refractivity contribution in [2.75, 3.05) is 19.3 Å². The fourth-order valence-corrected chi connectivity index (χ4v) is 4.32. The predicted octanol–water partition coefficient (Wildman–Crippen LogP) is 2.63. The number of carbonyl (C=O) groups is 1. The molecule has 27 heavy (non-hydrogen) atoms. The van der Waals surface area contributed by atoms with Crippen LogP contribution < -0.4 is 5.32 Å². The third-order valence-corrected chi connectivity index (χ3v) is 5.73. The zero-order valence-electron chi connectivity index (χ0n) is 15.6. The molecule has 1 aliphatic rings. The van der Waals surface area contributed by atoms with Gasteiger partial charge in [-0.2, -0.15) is 0 Å². The van der Waals surface area contributed by atoms with Crippen molar-refractivity contribution in [3.8, 4) is 0 Å². The molecule has 1 fully saturated rings. The second kappa shape index (κ2) is 8.67. The Labute approximate surface area is 161 Å². The minimum absolute atomic E-state index is 0.00851. The van der Waals surface area contributed by atoms with Gasteiger partial charge in [-0.15, -0.1) is 0 Å². The number of amides is 1. The lowest BCUT2D eigenvalue weighted by molar-refractivity contribution is 0.0940. The Balaban J connectivity index is 1.53. The van der Waals surface area contributed by atoms with E-state index in [1.807, 2.05) is 6.07 Å². The number of carbonyl (C=O) groups excluding carboxylic acids is 1. The maximum Gasteiger partial charge on any atom is 0.251 e. The van der Waals surface area contributed by atoms with Crippen LogP contribution in [0.4, 0.5) is 0 Å². The van der Waals surface area contributed by atoms with E-state index in [4.69, 9.17) is 0 Å². The Morgan fingerprint density at radius 3 is 2.44 bits per heavy atom. The summed E-state index contributed by atoms with van der Waals surface area (Å²) in [4.78, 5) is 14.8. The number of hydrogen-bond donors (Lipinski definition) is 1. The van der Waals surface area contributed by atoms with Crippen LogP contribution in [0.25, 0.3) is 0 Å². The molecule has 1 amide bonds. The Kier molecular flexibility index (Phi) is 6.29. The monoisotopic (exact) mass is 386 g/mol. The Morgan fingerprint density at radius 2 is 1.78 bits per heavy atom. The van der Waals surface area contributed by atoms with Crippen molar-refractivity contribution in [1.29, 1.82) is 0 Å². The van der Waals surface area contributed by atoms with Gasteiger partial charge in [0.15, 0.2) is 9.84 Å². The maximum absolute atomic E-state index is 12.4. The summed E-state index contributed by atoms with van der Waals surface area (Å²) >= 11 is 0. The molecule has 0 aliphatic carbocycles. The molecule has 0 saturated carbocycles. The van der Waals surface area contributed by atoms with E-state index in [0.717, 1.165) is 25.9 Å². The topological polar surface area (TPSA) is 66.5 Å². The van der Waals surface area contributed by atoms with Gasteiger partial charge in [0.1, 0.15) is 0 Å². The summed E-state index contributed by atoms with van der Waals surface area (Å²) in [5, 5.41) is 3.03. The lowest BCUT2D eigenvalue weighted by Crippen LogP contribution is -2.39. The first-order chi connectivity index (χ1) is 12.9. The van der Waals surface area contributed by atoms with Gasteiger partial charge in [-0.3, -0.25) is 9.69 Å². The van der Waals surface area contributed by atoms with Crippen LogP contribution in [0.15, 0.2) is 54.6 Å². The molecule has 2 aromatic rings. The first-order valence-corrected chi connectivity index (χ1v) is 11.3. The number of likely N-dealkylation sites (tertiary alicyclic amines) is 1. The zero-order chi connectivity index (χ0) is 19.3. The molecule has 2 aromatic carbocycles. The lowest BCUT2D eigenvalue weighted by atomic mass is 10.1. The molecule has 3 rings (SSSR count). The largest absolute Gasteiger partial charge is 0.350 e. The molecule has 1 unspecified atom stereocenters. The van der Waals surface area contributed by atoms with Crippen LogP contribution in [0, 0.1) is 0 Å². The number of rotatable bonds is 7. The molecule has 1 aliphatic heterocycles. The van der Waals surface area contributed by atoms with Crippen molar-refractivity contribution >= 4 is 15.7 Å². The van der Waals surface area contributed by atoms with Crippen LogP contribution in [-0.2, 0) is 22.1 Å². The van der Waals surface area contributed by atoms with Crippen LogP contribution in [0.3, 0.4) is 0 Å². The second-order valence-corrected chi connectivity index (χ2v) is 9.37. The van der Waals surface area contributed by atoms with Crippen molar-refractivity contribution in [3.05, 3.63) is 71.3 Å². The molecule has 1 atom stereocenters. The average molecular weight is 387 g/mol.